The van der Waals surface area contributed by atoms with Crippen molar-refractivity contribution < 1.29 is 0 Å². The summed E-state index contributed by atoms with van der Waals surface area (Å²) in [6.45, 7) is 0. The minimum atomic E-state index is 0.532. The molecule has 0 N–H and O–H groups in total. The summed E-state index contributed by atoms with van der Waals surface area (Å²) in [5.74, 6) is 0.596. The molecule has 0 saturated carbocycles. The lowest BCUT2D eigenvalue weighted by molar-refractivity contribution is 1.17. The smallest absolute Gasteiger partial charge is 0.160 e. The number of hydrogen-bond acceptors (Lipinski definition) is 5. The van der Waals surface area contributed by atoms with Crippen molar-refractivity contribution in [3.63, 3.8) is 0 Å². The highest BCUT2D eigenvalue weighted by molar-refractivity contribution is 6.12. The van der Waals surface area contributed by atoms with Crippen LogP contribution in [-0.4, -0.2) is 14.5 Å². The average Bonchev–Trinajstić information content (AvgIpc) is 3.67. The summed E-state index contributed by atoms with van der Waals surface area (Å²) in [7, 11) is 0. The average molecular weight is 777 g/mol. The number of para-hydroxylation sites is 1. The van der Waals surface area contributed by atoms with Gasteiger partial charge >= 0.3 is 0 Å². The highest BCUT2D eigenvalue weighted by atomic mass is 15.0. The van der Waals surface area contributed by atoms with E-state index in [0.717, 1.165) is 89.0 Å². The lowest BCUT2D eigenvalue weighted by atomic mass is 9.90. The van der Waals surface area contributed by atoms with Gasteiger partial charge in [0, 0.05) is 38.6 Å². The maximum absolute atomic E-state index is 10.2. The van der Waals surface area contributed by atoms with E-state index in [4.69, 9.17) is 9.97 Å². The largest absolute Gasteiger partial charge is 0.308 e. The van der Waals surface area contributed by atoms with Crippen LogP contribution in [0, 0.1) is 34.0 Å². The first kappa shape index (κ1) is 36.5. The van der Waals surface area contributed by atoms with Crippen LogP contribution in [0.2, 0.25) is 0 Å². The Morgan fingerprint density at radius 3 is 1.56 bits per heavy atom. The zero-order valence-corrected chi connectivity index (χ0v) is 32.7. The van der Waals surface area contributed by atoms with E-state index in [1.165, 1.54) is 0 Å². The Kier molecular flexibility index (Phi) is 9.24. The first-order valence-corrected chi connectivity index (χ1v) is 19.8. The fourth-order valence-electron chi connectivity index (χ4n) is 8.26. The van der Waals surface area contributed by atoms with Gasteiger partial charge in [-0.25, -0.2) is 9.97 Å². The number of rotatable bonds is 7. The second-order valence-corrected chi connectivity index (χ2v) is 14.7. The molecule has 10 aromatic rings. The minimum absolute atomic E-state index is 0.532. The van der Waals surface area contributed by atoms with Crippen LogP contribution in [0.25, 0.3) is 94.8 Å². The maximum atomic E-state index is 10.2. The van der Waals surface area contributed by atoms with Crippen LogP contribution >= 0.6 is 0 Å². The molecule has 61 heavy (non-hydrogen) atoms. The summed E-state index contributed by atoms with van der Waals surface area (Å²) in [5.41, 5.74) is 13.9. The molecular weight excluding hydrogens is 745 g/mol. The van der Waals surface area contributed by atoms with Gasteiger partial charge in [0.05, 0.1) is 63.0 Å². The Bertz CT molecular complexity index is 3320. The van der Waals surface area contributed by atoms with Gasteiger partial charge in [0.15, 0.2) is 5.82 Å². The number of fused-ring (bicyclic) bond motifs is 3. The van der Waals surface area contributed by atoms with Crippen LogP contribution in [0.15, 0.2) is 194 Å². The Labute approximate surface area is 352 Å². The van der Waals surface area contributed by atoms with Crippen molar-refractivity contribution in [1.82, 2.24) is 14.5 Å². The number of benzene rings is 8. The summed E-state index contributed by atoms with van der Waals surface area (Å²) in [5, 5.41) is 32.4. The van der Waals surface area contributed by atoms with Crippen molar-refractivity contribution in [1.29, 1.82) is 15.8 Å². The molecule has 0 unspecified atom stereocenters. The molecule has 0 aliphatic carbocycles. The number of nitriles is 3. The molecule has 0 spiro atoms. The van der Waals surface area contributed by atoms with E-state index in [0.29, 0.717) is 22.5 Å². The predicted molar refractivity (Wildman–Crippen MR) is 243 cm³/mol. The van der Waals surface area contributed by atoms with Gasteiger partial charge < -0.3 is 4.57 Å². The van der Waals surface area contributed by atoms with E-state index in [-0.39, 0.29) is 0 Å². The summed E-state index contributed by atoms with van der Waals surface area (Å²) in [6, 6.07) is 71.3. The molecule has 0 radical (unpaired) electrons. The highest BCUT2D eigenvalue weighted by Gasteiger charge is 2.23. The van der Waals surface area contributed by atoms with Crippen molar-refractivity contribution in [3.8, 4) is 91.2 Å². The van der Waals surface area contributed by atoms with Gasteiger partial charge in [0.2, 0.25) is 0 Å². The Balaban J connectivity index is 1.33. The molecule has 6 heteroatoms. The lowest BCUT2D eigenvalue weighted by Crippen LogP contribution is -2.03. The minimum Gasteiger partial charge on any atom is -0.308 e. The molecular formula is C55H32N6. The molecule has 0 atom stereocenters. The fourth-order valence-corrected chi connectivity index (χ4v) is 8.26. The molecule has 282 valence electrons. The zero-order valence-electron chi connectivity index (χ0n) is 32.7. The van der Waals surface area contributed by atoms with Gasteiger partial charge in [-0.3, -0.25) is 0 Å². The fraction of sp³-hybridized carbons (Fsp3) is 0. The molecule has 0 bridgehead atoms. The van der Waals surface area contributed by atoms with Crippen molar-refractivity contribution >= 4 is 21.8 Å². The standard InChI is InChI=1S/C55H32N6/c56-33-36-13-11-20-40(27-36)47-30-44(51-32-50(38-15-3-1-4-16-38)59-55(60-51)39-17-5-2-6-18-39)31-48(41-21-12-14-37(28-41)34-57)54(47)61-52-24-10-9-23-46(52)49-29-42(25-26-53(49)61)45-22-8-7-19-43(45)35-58/h1-32H. The lowest BCUT2D eigenvalue weighted by Gasteiger charge is -2.21. The number of aromatic nitrogens is 3. The van der Waals surface area contributed by atoms with Gasteiger partial charge in [-0.2, -0.15) is 15.8 Å². The Morgan fingerprint density at radius 2 is 0.902 bits per heavy atom. The van der Waals surface area contributed by atoms with Crippen molar-refractivity contribution in [3.05, 3.63) is 211 Å². The van der Waals surface area contributed by atoms with Gasteiger partial charge in [0.25, 0.3) is 0 Å². The normalized spacial score (nSPS) is 10.9. The molecule has 6 nitrogen and oxygen atoms in total. The molecule has 8 aromatic carbocycles. The van der Waals surface area contributed by atoms with Gasteiger partial charge in [0.1, 0.15) is 0 Å². The van der Waals surface area contributed by atoms with Crippen molar-refractivity contribution in [2.24, 2.45) is 0 Å². The SMILES string of the molecule is N#Cc1cccc(-c2cc(-c3cc(-c4ccccc4)nc(-c4ccccc4)n3)cc(-c3cccc(C#N)c3)c2-n2c3ccccc3c3cc(-c4ccccc4C#N)ccc32)c1. The number of hydrogen-bond donors (Lipinski definition) is 0. The first-order chi connectivity index (χ1) is 30.1. The summed E-state index contributed by atoms with van der Waals surface area (Å²) < 4.78 is 2.29. The molecule has 0 amide bonds. The molecule has 0 saturated heterocycles. The van der Waals surface area contributed by atoms with E-state index in [1.807, 2.05) is 152 Å². The van der Waals surface area contributed by atoms with Crippen molar-refractivity contribution in [2.45, 2.75) is 0 Å². The van der Waals surface area contributed by atoms with E-state index < -0.39 is 0 Å². The number of nitrogens with zero attached hydrogens (tertiary/aromatic N) is 6. The van der Waals surface area contributed by atoms with Gasteiger partial charge in [-0.15, -0.1) is 0 Å². The van der Waals surface area contributed by atoms with E-state index in [9.17, 15) is 15.8 Å². The van der Waals surface area contributed by atoms with Crippen LogP contribution in [-0.2, 0) is 0 Å². The molecule has 10 rings (SSSR count). The monoisotopic (exact) mass is 776 g/mol. The van der Waals surface area contributed by atoms with Crippen LogP contribution in [0.4, 0.5) is 0 Å². The summed E-state index contributed by atoms with van der Waals surface area (Å²) >= 11 is 0. The van der Waals surface area contributed by atoms with E-state index in [2.05, 4.69) is 65.2 Å². The molecule has 0 aliphatic heterocycles. The van der Waals surface area contributed by atoms with E-state index in [1.54, 1.807) is 0 Å². The van der Waals surface area contributed by atoms with Gasteiger partial charge in [-0.1, -0.05) is 127 Å². The van der Waals surface area contributed by atoms with Crippen LogP contribution in [0.3, 0.4) is 0 Å². The Hall–Kier alpha value is -8.89. The second kappa shape index (κ2) is 15.5. The quantitative estimate of drug-likeness (QED) is 0.160. The highest BCUT2D eigenvalue weighted by Crippen LogP contribution is 2.45. The van der Waals surface area contributed by atoms with E-state index >= 15 is 0 Å². The van der Waals surface area contributed by atoms with Crippen LogP contribution in [0.1, 0.15) is 16.7 Å². The molecule has 2 aromatic heterocycles. The summed E-state index contributed by atoms with van der Waals surface area (Å²) in [6.07, 6.45) is 0. The molecule has 0 aliphatic rings. The molecule has 0 fully saturated rings. The maximum Gasteiger partial charge on any atom is 0.160 e. The molecule has 2 heterocycles. The van der Waals surface area contributed by atoms with Crippen LogP contribution < -0.4 is 0 Å². The van der Waals surface area contributed by atoms with Crippen molar-refractivity contribution in [2.75, 3.05) is 0 Å². The van der Waals surface area contributed by atoms with Gasteiger partial charge in [-0.05, 0) is 89.0 Å². The third-order valence-electron chi connectivity index (χ3n) is 11.1. The first-order valence-electron chi connectivity index (χ1n) is 19.8. The topological polar surface area (TPSA) is 102 Å². The third kappa shape index (κ3) is 6.65. The predicted octanol–water partition coefficient (Wildman–Crippen LogP) is 13.2. The third-order valence-corrected chi connectivity index (χ3v) is 11.1. The summed E-state index contributed by atoms with van der Waals surface area (Å²) in [4.78, 5) is 10.3. The second-order valence-electron chi connectivity index (χ2n) is 14.7. The Morgan fingerprint density at radius 1 is 0.361 bits per heavy atom. The van der Waals surface area contributed by atoms with Crippen LogP contribution in [0.5, 0.6) is 0 Å². The zero-order chi connectivity index (χ0) is 41.3.